The zero-order valence-corrected chi connectivity index (χ0v) is 12.4. The maximum atomic E-state index is 3.79. The van der Waals surface area contributed by atoms with Crippen molar-refractivity contribution in [1.82, 2.24) is 15.5 Å². The van der Waals surface area contributed by atoms with E-state index in [1.165, 1.54) is 57.5 Å². The Labute approximate surface area is 122 Å². The summed E-state index contributed by atoms with van der Waals surface area (Å²) in [5.41, 5.74) is 1.43. The van der Waals surface area contributed by atoms with Crippen LogP contribution >= 0.6 is 0 Å². The van der Waals surface area contributed by atoms with Crippen molar-refractivity contribution in [3.8, 4) is 0 Å². The van der Waals surface area contributed by atoms with E-state index in [1.54, 1.807) is 0 Å². The van der Waals surface area contributed by atoms with Crippen LogP contribution in [0.3, 0.4) is 0 Å². The number of nitrogens with one attached hydrogen (secondary N) is 2. The summed E-state index contributed by atoms with van der Waals surface area (Å²) in [5, 5.41) is 7.29. The third-order valence-corrected chi connectivity index (χ3v) is 4.62. The molecule has 0 aromatic heterocycles. The van der Waals surface area contributed by atoms with Crippen molar-refractivity contribution in [2.45, 2.75) is 31.8 Å². The Balaban J connectivity index is 1.38. The molecule has 2 N–H and O–H groups in total. The van der Waals surface area contributed by atoms with Gasteiger partial charge in [-0.1, -0.05) is 30.3 Å². The zero-order valence-electron chi connectivity index (χ0n) is 12.4. The summed E-state index contributed by atoms with van der Waals surface area (Å²) in [6.45, 7) is 7.14. The van der Waals surface area contributed by atoms with Crippen LogP contribution < -0.4 is 10.6 Å². The van der Waals surface area contributed by atoms with Gasteiger partial charge in [0, 0.05) is 25.7 Å². The second-order valence-electron chi connectivity index (χ2n) is 6.33. The molecule has 1 aromatic carbocycles. The predicted molar refractivity (Wildman–Crippen MR) is 83.7 cm³/mol. The van der Waals surface area contributed by atoms with Crippen molar-refractivity contribution in [2.75, 3.05) is 32.7 Å². The Morgan fingerprint density at radius 3 is 2.90 bits per heavy atom. The van der Waals surface area contributed by atoms with E-state index in [4.69, 9.17) is 0 Å². The number of nitrogens with zero attached hydrogens (tertiary/aromatic N) is 1. The maximum absolute atomic E-state index is 3.79. The van der Waals surface area contributed by atoms with E-state index in [2.05, 4.69) is 45.9 Å². The van der Waals surface area contributed by atoms with E-state index < -0.39 is 0 Å². The minimum absolute atomic E-state index is 0.695. The number of hydrogen-bond acceptors (Lipinski definition) is 3. The van der Waals surface area contributed by atoms with Crippen molar-refractivity contribution < 1.29 is 0 Å². The molecular formula is C17H27N3. The molecule has 0 amide bonds. The number of piperidine rings is 1. The monoisotopic (exact) mass is 273 g/mol. The molecule has 1 aromatic rings. The Bertz CT molecular complexity index is 386. The van der Waals surface area contributed by atoms with Gasteiger partial charge in [0.1, 0.15) is 0 Å². The van der Waals surface area contributed by atoms with Gasteiger partial charge in [-0.05, 0) is 50.4 Å². The third kappa shape index (κ3) is 4.05. The molecule has 2 aliphatic rings. The van der Waals surface area contributed by atoms with E-state index >= 15 is 0 Å². The molecule has 0 aliphatic carbocycles. The van der Waals surface area contributed by atoms with Crippen LogP contribution in [0.15, 0.2) is 30.3 Å². The van der Waals surface area contributed by atoms with Gasteiger partial charge < -0.3 is 10.6 Å². The van der Waals surface area contributed by atoms with Gasteiger partial charge in [0.05, 0.1) is 0 Å². The van der Waals surface area contributed by atoms with Gasteiger partial charge >= 0.3 is 0 Å². The fourth-order valence-electron chi connectivity index (χ4n) is 3.42. The highest BCUT2D eigenvalue weighted by molar-refractivity contribution is 5.14. The van der Waals surface area contributed by atoms with Crippen LogP contribution in [0.25, 0.3) is 0 Å². The SMILES string of the molecule is c1ccc(CN2CCC(NCC3CCCNC3)C2)cc1. The van der Waals surface area contributed by atoms with Crippen LogP contribution in [0, 0.1) is 5.92 Å². The topological polar surface area (TPSA) is 27.3 Å². The lowest BCUT2D eigenvalue weighted by molar-refractivity contribution is 0.308. The number of rotatable bonds is 5. The molecule has 0 radical (unpaired) electrons. The van der Waals surface area contributed by atoms with Gasteiger partial charge in [0.2, 0.25) is 0 Å². The predicted octanol–water partition coefficient (Wildman–Crippen LogP) is 1.85. The Kier molecular flexibility index (Phi) is 5.06. The van der Waals surface area contributed by atoms with Gasteiger partial charge in [-0.15, -0.1) is 0 Å². The largest absolute Gasteiger partial charge is 0.316 e. The highest BCUT2D eigenvalue weighted by atomic mass is 15.2. The summed E-state index contributed by atoms with van der Waals surface area (Å²) in [6, 6.07) is 11.5. The average molecular weight is 273 g/mol. The number of hydrogen-bond donors (Lipinski definition) is 2. The standard InChI is InChI=1S/C17H27N3/c1-2-5-15(6-3-1)13-20-10-8-17(14-20)19-12-16-7-4-9-18-11-16/h1-3,5-6,16-19H,4,7-14H2. The average Bonchev–Trinajstić information content (AvgIpc) is 2.95. The molecule has 3 heteroatoms. The van der Waals surface area contributed by atoms with E-state index in [9.17, 15) is 0 Å². The molecule has 2 saturated heterocycles. The first-order valence-corrected chi connectivity index (χ1v) is 8.10. The van der Waals surface area contributed by atoms with Gasteiger partial charge in [-0.2, -0.15) is 0 Å². The summed E-state index contributed by atoms with van der Waals surface area (Å²) in [7, 11) is 0. The van der Waals surface area contributed by atoms with Crippen LogP contribution in [-0.4, -0.2) is 43.7 Å². The minimum atomic E-state index is 0.695. The van der Waals surface area contributed by atoms with Crippen molar-refractivity contribution in [1.29, 1.82) is 0 Å². The van der Waals surface area contributed by atoms with E-state index in [0.717, 1.165) is 12.5 Å². The third-order valence-electron chi connectivity index (χ3n) is 4.62. The normalized spacial score (nSPS) is 27.8. The molecular weight excluding hydrogens is 246 g/mol. The lowest BCUT2D eigenvalue weighted by Crippen LogP contribution is -2.40. The summed E-state index contributed by atoms with van der Waals surface area (Å²) < 4.78 is 0. The van der Waals surface area contributed by atoms with Gasteiger partial charge in [0.15, 0.2) is 0 Å². The minimum Gasteiger partial charge on any atom is -0.316 e. The van der Waals surface area contributed by atoms with Crippen LogP contribution in [0.2, 0.25) is 0 Å². The Morgan fingerprint density at radius 2 is 2.10 bits per heavy atom. The van der Waals surface area contributed by atoms with Crippen molar-refractivity contribution in [3.05, 3.63) is 35.9 Å². The maximum Gasteiger partial charge on any atom is 0.0234 e. The fourth-order valence-corrected chi connectivity index (χ4v) is 3.42. The molecule has 3 nitrogen and oxygen atoms in total. The Morgan fingerprint density at radius 1 is 1.20 bits per heavy atom. The van der Waals surface area contributed by atoms with Gasteiger partial charge in [-0.25, -0.2) is 0 Å². The molecule has 0 saturated carbocycles. The summed E-state index contributed by atoms with van der Waals surface area (Å²) >= 11 is 0. The van der Waals surface area contributed by atoms with E-state index in [1.807, 2.05) is 0 Å². The number of benzene rings is 1. The highest BCUT2D eigenvalue weighted by Crippen LogP contribution is 2.15. The quantitative estimate of drug-likeness (QED) is 0.857. The lowest BCUT2D eigenvalue weighted by Gasteiger charge is -2.25. The van der Waals surface area contributed by atoms with Crippen LogP contribution in [0.1, 0.15) is 24.8 Å². The number of likely N-dealkylation sites (tertiary alicyclic amines) is 1. The first kappa shape index (κ1) is 14.1. The summed E-state index contributed by atoms with van der Waals surface area (Å²) in [6.07, 6.45) is 4.03. The van der Waals surface area contributed by atoms with Crippen molar-refractivity contribution in [2.24, 2.45) is 5.92 Å². The van der Waals surface area contributed by atoms with Crippen LogP contribution in [0.5, 0.6) is 0 Å². The molecule has 20 heavy (non-hydrogen) atoms. The Hall–Kier alpha value is -0.900. The second kappa shape index (κ2) is 7.21. The smallest absolute Gasteiger partial charge is 0.0234 e. The van der Waals surface area contributed by atoms with Crippen LogP contribution in [-0.2, 0) is 6.54 Å². The van der Waals surface area contributed by atoms with Crippen LogP contribution in [0.4, 0.5) is 0 Å². The molecule has 3 rings (SSSR count). The lowest BCUT2D eigenvalue weighted by atomic mass is 9.99. The molecule has 2 heterocycles. The van der Waals surface area contributed by atoms with Gasteiger partial charge in [-0.3, -0.25) is 4.90 Å². The molecule has 2 aliphatic heterocycles. The second-order valence-corrected chi connectivity index (χ2v) is 6.33. The van der Waals surface area contributed by atoms with Crippen molar-refractivity contribution >= 4 is 0 Å². The summed E-state index contributed by atoms with van der Waals surface area (Å²) in [4.78, 5) is 2.58. The zero-order chi connectivity index (χ0) is 13.6. The van der Waals surface area contributed by atoms with Crippen molar-refractivity contribution in [3.63, 3.8) is 0 Å². The fraction of sp³-hybridized carbons (Fsp3) is 0.647. The first-order valence-electron chi connectivity index (χ1n) is 8.10. The molecule has 0 bridgehead atoms. The highest BCUT2D eigenvalue weighted by Gasteiger charge is 2.23. The molecule has 2 unspecified atom stereocenters. The summed E-state index contributed by atoms with van der Waals surface area (Å²) in [5.74, 6) is 0.840. The molecule has 110 valence electrons. The molecule has 2 atom stereocenters. The first-order chi connectivity index (χ1) is 9.90. The van der Waals surface area contributed by atoms with E-state index in [0.29, 0.717) is 6.04 Å². The van der Waals surface area contributed by atoms with Gasteiger partial charge in [0.25, 0.3) is 0 Å². The van der Waals surface area contributed by atoms with E-state index in [-0.39, 0.29) is 0 Å². The molecule has 0 spiro atoms. The molecule has 2 fully saturated rings.